The van der Waals surface area contributed by atoms with Crippen LogP contribution in [0.25, 0.3) is 0 Å². The number of methoxy groups -OCH3 is 1. The molecule has 15 heavy (non-hydrogen) atoms. The van der Waals surface area contributed by atoms with Gasteiger partial charge in [0.25, 0.3) is 0 Å². The molecule has 0 N–H and O–H groups in total. The van der Waals surface area contributed by atoms with E-state index < -0.39 is 12.6 Å². The fourth-order valence-corrected chi connectivity index (χ4v) is 1.76. The molecular weight excluding hydrogens is 229 g/mol. The van der Waals surface area contributed by atoms with Gasteiger partial charge in [-0.3, -0.25) is 4.79 Å². The molecule has 0 aromatic carbocycles. The van der Waals surface area contributed by atoms with E-state index in [1.54, 1.807) is 0 Å². The number of hydrogen-bond donors (Lipinski definition) is 0. The van der Waals surface area contributed by atoms with E-state index in [1.165, 1.54) is 18.9 Å². The van der Waals surface area contributed by atoms with Crippen LogP contribution >= 0.6 is 11.8 Å². The summed E-state index contributed by atoms with van der Waals surface area (Å²) in [5, 5.41) is 0. The highest BCUT2D eigenvalue weighted by molar-refractivity contribution is 7.99. The van der Waals surface area contributed by atoms with Crippen molar-refractivity contribution in [3.05, 3.63) is 0 Å². The van der Waals surface area contributed by atoms with E-state index >= 15 is 0 Å². The Morgan fingerprint density at radius 1 is 1.27 bits per heavy atom. The van der Waals surface area contributed by atoms with Crippen molar-refractivity contribution < 1.29 is 22.7 Å². The van der Waals surface area contributed by atoms with Gasteiger partial charge in [0.05, 0.1) is 12.9 Å². The molecule has 0 aromatic heterocycles. The molecule has 0 heterocycles. The quantitative estimate of drug-likeness (QED) is 0.508. The molecule has 0 rings (SSSR count). The maximum Gasteiger partial charge on any atom is 0.389 e. The second kappa shape index (κ2) is 7.84. The highest BCUT2D eigenvalue weighted by atomic mass is 32.2. The van der Waals surface area contributed by atoms with Gasteiger partial charge in [-0.1, -0.05) is 6.42 Å². The second-order valence-corrected chi connectivity index (χ2v) is 4.16. The number of halogens is 3. The third-order valence-electron chi connectivity index (χ3n) is 1.70. The molecule has 0 bridgehead atoms. The maximum atomic E-state index is 11.7. The van der Waals surface area contributed by atoms with Crippen LogP contribution in [0.15, 0.2) is 0 Å². The number of ether oxygens (including phenoxy) is 1. The number of thioether (sulfide) groups is 1. The van der Waals surface area contributed by atoms with Crippen molar-refractivity contribution in [3.8, 4) is 0 Å². The second-order valence-electron chi connectivity index (χ2n) is 3.05. The SMILES string of the molecule is COC(=O)CSCCCCCC(F)(F)F. The van der Waals surface area contributed by atoms with Crippen molar-refractivity contribution in [2.45, 2.75) is 31.9 Å². The van der Waals surface area contributed by atoms with Crippen molar-refractivity contribution in [2.75, 3.05) is 18.6 Å². The van der Waals surface area contributed by atoms with Gasteiger partial charge in [0.2, 0.25) is 0 Å². The zero-order valence-electron chi connectivity index (χ0n) is 8.60. The zero-order valence-corrected chi connectivity index (χ0v) is 9.42. The molecule has 0 amide bonds. The predicted molar refractivity (Wildman–Crippen MR) is 53.9 cm³/mol. The summed E-state index contributed by atoms with van der Waals surface area (Å²) in [5.41, 5.74) is 0. The number of esters is 1. The lowest BCUT2D eigenvalue weighted by Gasteiger charge is -2.05. The highest BCUT2D eigenvalue weighted by Gasteiger charge is 2.25. The molecule has 6 heteroatoms. The summed E-state index contributed by atoms with van der Waals surface area (Å²) in [4.78, 5) is 10.6. The molecule has 2 nitrogen and oxygen atoms in total. The van der Waals surface area contributed by atoms with Crippen LogP contribution in [0.3, 0.4) is 0 Å². The van der Waals surface area contributed by atoms with E-state index in [4.69, 9.17) is 0 Å². The van der Waals surface area contributed by atoms with Gasteiger partial charge in [0, 0.05) is 6.42 Å². The number of unbranched alkanes of at least 4 members (excludes halogenated alkanes) is 2. The summed E-state index contributed by atoms with van der Waals surface area (Å²) in [6.45, 7) is 0. The number of alkyl halides is 3. The van der Waals surface area contributed by atoms with Gasteiger partial charge in [-0.25, -0.2) is 0 Å². The van der Waals surface area contributed by atoms with Gasteiger partial charge in [-0.15, -0.1) is 0 Å². The lowest BCUT2D eigenvalue weighted by Crippen LogP contribution is -2.06. The van der Waals surface area contributed by atoms with Crippen molar-refractivity contribution >= 4 is 17.7 Å². The van der Waals surface area contributed by atoms with Crippen molar-refractivity contribution in [2.24, 2.45) is 0 Å². The van der Waals surface area contributed by atoms with Crippen LogP contribution in [0.2, 0.25) is 0 Å². The van der Waals surface area contributed by atoms with Crippen LogP contribution in [0.4, 0.5) is 13.2 Å². The zero-order chi connectivity index (χ0) is 11.7. The minimum Gasteiger partial charge on any atom is -0.468 e. The lowest BCUT2D eigenvalue weighted by molar-refractivity contribution is -0.137. The number of carbonyl (C=O) groups excluding carboxylic acids is 1. The summed E-state index contributed by atoms with van der Waals surface area (Å²) in [7, 11) is 1.31. The summed E-state index contributed by atoms with van der Waals surface area (Å²) in [6, 6.07) is 0. The van der Waals surface area contributed by atoms with Gasteiger partial charge in [-0.05, 0) is 18.6 Å². The monoisotopic (exact) mass is 244 g/mol. The summed E-state index contributed by atoms with van der Waals surface area (Å²) in [5.74, 6) is 0.679. The molecular formula is C9H15F3O2S. The topological polar surface area (TPSA) is 26.3 Å². The Bertz CT molecular complexity index is 183. The van der Waals surface area contributed by atoms with Crippen LogP contribution < -0.4 is 0 Å². The third kappa shape index (κ3) is 11.5. The first-order valence-electron chi connectivity index (χ1n) is 4.67. The Morgan fingerprint density at radius 3 is 2.47 bits per heavy atom. The van der Waals surface area contributed by atoms with Gasteiger partial charge < -0.3 is 4.74 Å². The van der Waals surface area contributed by atoms with E-state index in [0.717, 1.165) is 0 Å². The fraction of sp³-hybridized carbons (Fsp3) is 0.889. The molecule has 90 valence electrons. The first-order chi connectivity index (χ1) is 6.95. The first kappa shape index (κ1) is 14.6. The summed E-state index contributed by atoms with van der Waals surface area (Å²) in [6.07, 6.45) is -3.33. The van der Waals surface area contributed by atoms with Gasteiger partial charge in [0.1, 0.15) is 0 Å². The molecule has 0 spiro atoms. The lowest BCUT2D eigenvalue weighted by atomic mass is 10.2. The molecule has 0 atom stereocenters. The summed E-state index contributed by atoms with van der Waals surface area (Å²) < 4.78 is 39.6. The molecule has 0 saturated heterocycles. The van der Waals surface area contributed by atoms with Crippen LogP contribution in [0, 0.1) is 0 Å². The van der Waals surface area contributed by atoms with Crippen molar-refractivity contribution in [1.29, 1.82) is 0 Å². The normalized spacial score (nSPS) is 11.5. The van der Waals surface area contributed by atoms with Crippen LogP contribution in [-0.4, -0.2) is 30.8 Å². The minimum atomic E-state index is -4.04. The molecule has 0 aliphatic rings. The van der Waals surface area contributed by atoms with Crippen LogP contribution in [0.5, 0.6) is 0 Å². The predicted octanol–water partition coefficient (Wildman–Crippen LogP) is 3.02. The molecule has 0 aliphatic heterocycles. The van der Waals surface area contributed by atoms with Crippen LogP contribution in [0.1, 0.15) is 25.7 Å². The Balaban J connectivity index is 3.16. The Morgan fingerprint density at radius 2 is 1.93 bits per heavy atom. The van der Waals surface area contributed by atoms with E-state index in [0.29, 0.717) is 18.6 Å². The molecule has 0 radical (unpaired) electrons. The third-order valence-corrected chi connectivity index (χ3v) is 2.71. The molecule has 0 aromatic rings. The maximum absolute atomic E-state index is 11.7. The standard InChI is InChI=1S/C9H15F3O2S/c1-14-8(13)7-15-6-4-2-3-5-9(10,11)12/h2-7H2,1H3. The molecule has 0 fully saturated rings. The Hall–Kier alpha value is -0.390. The smallest absolute Gasteiger partial charge is 0.389 e. The molecule has 0 saturated carbocycles. The highest BCUT2D eigenvalue weighted by Crippen LogP contribution is 2.22. The van der Waals surface area contributed by atoms with Crippen molar-refractivity contribution in [3.63, 3.8) is 0 Å². The van der Waals surface area contributed by atoms with Gasteiger partial charge in [0.15, 0.2) is 0 Å². The van der Waals surface area contributed by atoms with Crippen molar-refractivity contribution in [1.82, 2.24) is 0 Å². The minimum absolute atomic E-state index is 0.169. The van der Waals surface area contributed by atoms with Crippen LogP contribution in [-0.2, 0) is 9.53 Å². The molecule has 0 unspecified atom stereocenters. The number of hydrogen-bond acceptors (Lipinski definition) is 3. The number of carbonyl (C=O) groups is 1. The number of rotatable bonds is 7. The van der Waals surface area contributed by atoms with E-state index in [9.17, 15) is 18.0 Å². The first-order valence-corrected chi connectivity index (χ1v) is 5.82. The van der Waals surface area contributed by atoms with Gasteiger partial charge >= 0.3 is 12.1 Å². The summed E-state index contributed by atoms with van der Waals surface area (Å²) >= 11 is 1.39. The Kier molecular flexibility index (Phi) is 7.64. The van der Waals surface area contributed by atoms with Gasteiger partial charge in [-0.2, -0.15) is 24.9 Å². The fourth-order valence-electron chi connectivity index (χ4n) is 0.921. The Labute approximate surface area is 91.6 Å². The average Bonchev–Trinajstić information content (AvgIpc) is 2.14. The van der Waals surface area contributed by atoms with E-state index in [2.05, 4.69) is 4.74 Å². The average molecular weight is 244 g/mol. The largest absolute Gasteiger partial charge is 0.468 e. The van der Waals surface area contributed by atoms with E-state index in [-0.39, 0.29) is 18.1 Å². The molecule has 0 aliphatic carbocycles. The van der Waals surface area contributed by atoms with E-state index in [1.807, 2.05) is 0 Å².